The van der Waals surface area contributed by atoms with Crippen LogP contribution in [-0.2, 0) is 4.79 Å². The number of hydrogen-bond donors (Lipinski definition) is 4. The number of thiazole rings is 1. The minimum absolute atomic E-state index is 0.0933. The summed E-state index contributed by atoms with van der Waals surface area (Å²) in [7, 11) is 0. The van der Waals surface area contributed by atoms with Crippen molar-refractivity contribution in [1.29, 1.82) is 0 Å². The summed E-state index contributed by atoms with van der Waals surface area (Å²) in [5, 5.41) is 8.87. The SMILES string of the molecule is CCNc1nc(N)c(C(=O)NCC(=O)NC(C)(C)C)s1. The summed E-state index contributed by atoms with van der Waals surface area (Å²) >= 11 is 1.17. The summed E-state index contributed by atoms with van der Waals surface area (Å²) in [6.07, 6.45) is 0. The third kappa shape index (κ3) is 5.04. The highest BCUT2D eigenvalue weighted by Gasteiger charge is 2.18. The van der Waals surface area contributed by atoms with E-state index in [-0.39, 0.29) is 23.8 Å². The number of carbonyl (C=O) groups excluding carboxylic acids is 2. The summed E-state index contributed by atoms with van der Waals surface area (Å²) in [6.45, 7) is 8.14. The van der Waals surface area contributed by atoms with Gasteiger partial charge in [0, 0.05) is 12.1 Å². The smallest absolute Gasteiger partial charge is 0.265 e. The van der Waals surface area contributed by atoms with Gasteiger partial charge in [0.1, 0.15) is 10.7 Å². The molecule has 0 spiro atoms. The van der Waals surface area contributed by atoms with Gasteiger partial charge < -0.3 is 21.7 Å². The number of nitrogens with zero attached hydrogens (tertiary/aromatic N) is 1. The van der Waals surface area contributed by atoms with Crippen molar-refractivity contribution in [3.63, 3.8) is 0 Å². The first-order valence-corrected chi connectivity index (χ1v) is 7.14. The molecule has 0 aliphatic rings. The molecule has 5 N–H and O–H groups in total. The van der Waals surface area contributed by atoms with Crippen molar-refractivity contribution in [2.45, 2.75) is 33.2 Å². The van der Waals surface area contributed by atoms with Gasteiger partial charge in [0.05, 0.1) is 6.54 Å². The molecule has 8 heteroatoms. The Morgan fingerprint density at radius 1 is 1.35 bits per heavy atom. The van der Waals surface area contributed by atoms with Crippen LogP contribution in [0.2, 0.25) is 0 Å². The van der Waals surface area contributed by atoms with Gasteiger partial charge in [0.25, 0.3) is 5.91 Å². The van der Waals surface area contributed by atoms with Gasteiger partial charge in [-0.15, -0.1) is 0 Å². The number of nitrogens with one attached hydrogen (secondary N) is 3. The average molecular weight is 299 g/mol. The van der Waals surface area contributed by atoms with Crippen molar-refractivity contribution in [3.05, 3.63) is 4.88 Å². The number of rotatable bonds is 5. The van der Waals surface area contributed by atoms with Gasteiger partial charge in [-0.3, -0.25) is 9.59 Å². The Morgan fingerprint density at radius 3 is 2.55 bits per heavy atom. The lowest BCUT2D eigenvalue weighted by Crippen LogP contribution is -2.45. The molecule has 1 aromatic rings. The molecule has 0 aliphatic heterocycles. The van der Waals surface area contributed by atoms with Crippen LogP contribution in [-0.4, -0.2) is 35.4 Å². The molecule has 7 nitrogen and oxygen atoms in total. The predicted octanol–water partition coefficient (Wildman–Crippen LogP) is 0.802. The Balaban J connectivity index is 2.57. The second-order valence-electron chi connectivity index (χ2n) is 5.24. The Morgan fingerprint density at radius 2 is 2.00 bits per heavy atom. The van der Waals surface area contributed by atoms with E-state index in [0.29, 0.717) is 16.6 Å². The number of nitrogen functional groups attached to an aromatic ring is 1. The molecular formula is C12H21N5O2S. The normalized spacial score (nSPS) is 11.0. The van der Waals surface area contributed by atoms with E-state index in [2.05, 4.69) is 20.9 Å². The second-order valence-corrected chi connectivity index (χ2v) is 6.24. The van der Waals surface area contributed by atoms with Gasteiger partial charge in [0.15, 0.2) is 5.13 Å². The lowest BCUT2D eigenvalue weighted by Gasteiger charge is -2.20. The van der Waals surface area contributed by atoms with E-state index in [1.54, 1.807) is 0 Å². The van der Waals surface area contributed by atoms with E-state index in [4.69, 9.17) is 5.73 Å². The van der Waals surface area contributed by atoms with E-state index >= 15 is 0 Å². The molecule has 1 heterocycles. The number of nitrogens with two attached hydrogens (primary N) is 1. The van der Waals surface area contributed by atoms with Gasteiger partial charge in [-0.1, -0.05) is 11.3 Å². The van der Waals surface area contributed by atoms with Crippen molar-refractivity contribution in [3.8, 4) is 0 Å². The quantitative estimate of drug-likeness (QED) is 0.643. The fraction of sp³-hybridized carbons (Fsp3) is 0.583. The van der Waals surface area contributed by atoms with Crippen LogP contribution in [0.15, 0.2) is 0 Å². The number of hydrogen-bond acceptors (Lipinski definition) is 6. The van der Waals surface area contributed by atoms with Crippen LogP contribution in [0.1, 0.15) is 37.4 Å². The fourth-order valence-corrected chi connectivity index (χ4v) is 2.29. The molecule has 112 valence electrons. The van der Waals surface area contributed by atoms with Crippen molar-refractivity contribution in [2.75, 3.05) is 24.1 Å². The third-order valence-electron chi connectivity index (χ3n) is 2.11. The van der Waals surface area contributed by atoms with Crippen molar-refractivity contribution >= 4 is 34.1 Å². The van der Waals surface area contributed by atoms with Gasteiger partial charge in [0.2, 0.25) is 5.91 Å². The zero-order chi connectivity index (χ0) is 15.3. The topological polar surface area (TPSA) is 109 Å². The largest absolute Gasteiger partial charge is 0.382 e. The Bertz CT molecular complexity index is 493. The van der Waals surface area contributed by atoms with Crippen molar-refractivity contribution in [2.24, 2.45) is 0 Å². The van der Waals surface area contributed by atoms with Crippen LogP contribution in [0.5, 0.6) is 0 Å². The standard InChI is InChI=1S/C12H21N5O2S/c1-5-14-11-16-9(13)8(20-11)10(19)15-6-7(18)17-12(2,3)4/h5-6,13H2,1-4H3,(H,14,16)(H,15,19)(H,17,18). The Hall–Kier alpha value is -1.83. The van der Waals surface area contributed by atoms with Crippen LogP contribution < -0.4 is 21.7 Å². The maximum Gasteiger partial charge on any atom is 0.265 e. The van der Waals surface area contributed by atoms with E-state index < -0.39 is 5.91 Å². The molecule has 0 aliphatic carbocycles. The lowest BCUT2D eigenvalue weighted by molar-refractivity contribution is -0.121. The molecule has 0 atom stereocenters. The average Bonchev–Trinajstić information content (AvgIpc) is 2.65. The minimum atomic E-state index is -0.395. The van der Waals surface area contributed by atoms with Crippen molar-refractivity contribution < 1.29 is 9.59 Å². The molecule has 0 saturated carbocycles. The van der Waals surface area contributed by atoms with Crippen LogP contribution in [0.25, 0.3) is 0 Å². The highest BCUT2D eigenvalue weighted by Crippen LogP contribution is 2.24. The summed E-state index contributed by atoms with van der Waals surface area (Å²) in [4.78, 5) is 27.9. The Labute approximate surface area is 122 Å². The highest BCUT2D eigenvalue weighted by molar-refractivity contribution is 7.18. The summed E-state index contributed by atoms with van der Waals surface area (Å²) in [5.41, 5.74) is 5.35. The zero-order valence-electron chi connectivity index (χ0n) is 12.2. The monoisotopic (exact) mass is 299 g/mol. The van der Waals surface area contributed by atoms with Crippen LogP contribution in [0, 0.1) is 0 Å². The first kappa shape index (κ1) is 16.2. The first-order valence-electron chi connectivity index (χ1n) is 6.32. The Kier molecular flexibility index (Phi) is 5.32. The highest BCUT2D eigenvalue weighted by atomic mass is 32.1. The van der Waals surface area contributed by atoms with E-state index in [9.17, 15) is 9.59 Å². The molecule has 0 unspecified atom stereocenters. The number of anilines is 2. The van der Waals surface area contributed by atoms with E-state index in [1.165, 1.54) is 11.3 Å². The predicted molar refractivity (Wildman–Crippen MR) is 80.9 cm³/mol. The molecule has 0 bridgehead atoms. The second kappa shape index (κ2) is 6.56. The molecule has 0 aromatic carbocycles. The molecule has 2 amide bonds. The zero-order valence-corrected chi connectivity index (χ0v) is 13.0. The van der Waals surface area contributed by atoms with Crippen LogP contribution >= 0.6 is 11.3 Å². The van der Waals surface area contributed by atoms with Crippen molar-refractivity contribution in [1.82, 2.24) is 15.6 Å². The minimum Gasteiger partial charge on any atom is -0.382 e. The van der Waals surface area contributed by atoms with Gasteiger partial charge in [-0.25, -0.2) is 4.98 Å². The van der Waals surface area contributed by atoms with Gasteiger partial charge >= 0.3 is 0 Å². The molecule has 0 saturated heterocycles. The van der Waals surface area contributed by atoms with Crippen LogP contribution in [0.3, 0.4) is 0 Å². The number of aromatic nitrogens is 1. The molecule has 1 aromatic heterocycles. The third-order valence-corrected chi connectivity index (χ3v) is 3.14. The lowest BCUT2D eigenvalue weighted by atomic mass is 10.1. The van der Waals surface area contributed by atoms with Gasteiger partial charge in [-0.2, -0.15) is 0 Å². The maximum atomic E-state index is 11.9. The molecule has 0 fully saturated rings. The molecular weight excluding hydrogens is 278 g/mol. The van der Waals surface area contributed by atoms with E-state index in [0.717, 1.165) is 0 Å². The number of carbonyl (C=O) groups is 2. The maximum absolute atomic E-state index is 11.9. The van der Waals surface area contributed by atoms with Crippen LogP contribution in [0.4, 0.5) is 10.9 Å². The summed E-state index contributed by atoms with van der Waals surface area (Å²) in [5.74, 6) is -0.478. The molecule has 0 radical (unpaired) electrons. The fourth-order valence-electron chi connectivity index (χ4n) is 1.42. The summed E-state index contributed by atoms with van der Waals surface area (Å²) < 4.78 is 0. The number of amides is 2. The van der Waals surface area contributed by atoms with Gasteiger partial charge in [-0.05, 0) is 27.7 Å². The molecule has 1 rings (SSSR count). The molecule has 20 heavy (non-hydrogen) atoms. The summed E-state index contributed by atoms with van der Waals surface area (Å²) in [6, 6.07) is 0. The first-order chi connectivity index (χ1) is 9.23. The van der Waals surface area contributed by atoms with E-state index in [1.807, 2.05) is 27.7 Å².